The zero-order valence-corrected chi connectivity index (χ0v) is 11.4. The molecule has 0 saturated heterocycles. The SMILES string of the molecule is O=C(Nc1ccc(Br)cc1[N+](=O)[O-])c1cccc(F)n1. The number of nitrogens with one attached hydrogen (secondary N) is 1. The predicted octanol–water partition coefficient (Wildman–Crippen LogP) is 3.14. The third kappa shape index (κ3) is 3.15. The molecule has 0 aliphatic carbocycles. The molecule has 0 spiro atoms. The molecule has 0 atom stereocenters. The van der Waals surface area contributed by atoms with Crippen LogP contribution in [0.4, 0.5) is 15.8 Å². The van der Waals surface area contributed by atoms with E-state index in [1.807, 2.05) is 0 Å². The number of nitro benzene ring substituents is 1. The van der Waals surface area contributed by atoms with Crippen LogP contribution >= 0.6 is 15.9 Å². The zero-order valence-electron chi connectivity index (χ0n) is 9.84. The first kappa shape index (κ1) is 14.1. The van der Waals surface area contributed by atoms with Crippen LogP contribution in [0, 0.1) is 16.1 Å². The smallest absolute Gasteiger partial charge is 0.293 e. The Morgan fingerprint density at radius 3 is 2.75 bits per heavy atom. The minimum atomic E-state index is -0.803. The van der Waals surface area contributed by atoms with Crippen LogP contribution in [0.25, 0.3) is 0 Å². The topological polar surface area (TPSA) is 85.1 Å². The van der Waals surface area contributed by atoms with Crippen molar-refractivity contribution in [3.63, 3.8) is 0 Å². The Morgan fingerprint density at radius 1 is 1.35 bits per heavy atom. The van der Waals surface area contributed by atoms with Gasteiger partial charge in [0, 0.05) is 10.5 Å². The second-order valence-electron chi connectivity index (χ2n) is 3.72. The van der Waals surface area contributed by atoms with Crippen molar-refractivity contribution in [3.8, 4) is 0 Å². The van der Waals surface area contributed by atoms with Gasteiger partial charge >= 0.3 is 0 Å². The summed E-state index contributed by atoms with van der Waals surface area (Å²) in [4.78, 5) is 25.5. The molecule has 1 heterocycles. The van der Waals surface area contributed by atoms with Crippen LogP contribution < -0.4 is 5.32 Å². The molecule has 0 bridgehead atoms. The molecule has 8 heteroatoms. The largest absolute Gasteiger partial charge is 0.315 e. The minimum absolute atomic E-state index is 0.00858. The first-order valence-corrected chi connectivity index (χ1v) is 6.14. The number of hydrogen-bond donors (Lipinski definition) is 1. The second-order valence-corrected chi connectivity index (χ2v) is 4.63. The number of halogens is 2. The van der Waals surface area contributed by atoms with Crippen LogP contribution in [-0.4, -0.2) is 15.8 Å². The summed E-state index contributed by atoms with van der Waals surface area (Å²) >= 11 is 3.11. The zero-order chi connectivity index (χ0) is 14.7. The summed E-state index contributed by atoms with van der Waals surface area (Å²) in [5.41, 5.74) is -0.430. The number of aromatic nitrogens is 1. The summed E-state index contributed by atoms with van der Waals surface area (Å²) in [5.74, 6) is -1.53. The quantitative estimate of drug-likeness (QED) is 0.528. The van der Waals surface area contributed by atoms with Crippen LogP contribution in [-0.2, 0) is 0 Å². The van der Waals surface area contributed by atoms with Crippen molar-refractivity contribution in [2.24, 2.45) is 0 Å². The van der Waals surface area contributed by atoms with Crippen molar-refractivity contribution < 1.29 is 14.1 Å². The second kappa shape index (κ2) is 5.74. The molecule has 0 fully saturated rings. The average molecular weight is 340 g/mol. The molecule has 1 N–H and O–H groups in total. The number of carbonyl (C=O) groups is 1. The Kier molecular flexibility index (Phi) is 4.04. The highest BCUT2D eigenvalue weighted by molar-refractivity contribution is 9.10. The van der Waals surface area contributed by atoms with Crippen LogP contribution in [0.3, 0.4) is 0 Å². The van der Waals surface area contributed by atoms with Gasteiger partial charge in [0.05, 0.1) is 4.92 Å². The van der Waals surface area contributed by atoms with Gasteiger partial charge in [0.1, 0.15) is 11.4 Å². The number of rotatable bonds is 3. The van der Waals surface area contributed by atoms with Crippen LogP contribution in [0.15, 0.2) is 40.9 Å². The van der Waals surface area contributed by atoms with Crippen molar-refractivity contribution in [1.29, 1.82) is 0 Å². The van der Waals surface area contributed by atoms with Gasteiger partial charge in [0.25, 0.3) is 11.6 Å². The first-order valence-electron chi connectivity index (χ1n) is 5.35. The average Bonchev–Trinajstić information content (AvgIpc) is 2.40. The summed E-state index contributed by atoms with van der Waals surface area (Å²) in [7, 11) is 0. The lowest BCUT2D eigenvalue weighted by Crippen LogP contribution is -2.15. The van der Waals surface area contributed by atoms with E-state index in [0.29, 0.717) is 4.47 Å². The van der Waals surface area contributed by atoms with Gasteiger partial charge in [0.15, 0.2) is 0 Å². The van der Waals surface area contributed by atoms with Gasteiger partial charge in [-0.1, -0.05) is 22.0 Å². The lowest BCUT2D eigenvalue weighted by atomic mass is 10.2. The fourth-order valence-electron chi connectivity index (χ4n) is 1.48. The summed E-state index contributed by atoms with van der Waals surface area (Å²) in [6.45, 7) is 0. The molecule has 2 aromatic rings. The Labute approximate surface area is 120 Å². The van der Waals surface area contributed by atoms with E-state index in [1.165, 1.54) is 24.3 Å². The third-order valence-electron chi connectivity index (χ3n) is 2.35. The van der Waals surface area contributed by atoms with Gasteiger partial charge in [-0.15, -0.1) is 0 Å². The number of benzene rings is 1. The highest BCUT2D eigenvalue weighted by Crippen LogP contribution is 2.28. The third-order valence-corrected chi connectivity index (χ3v) is 2.85. The van der Waals surface area contributed by atoms with Crippen molar-refractivity contribution in [1.82, 2.24) is 4.98 Å². The van der Waals surface area contributed by atoms with E-state index in [9.17, 15) is 19.3 Å². The molecule has 1 amide bonds. The summed E-state index contributed by atoms with van der Waals surface area (Å²) < 4.78 is 13.4. The maximum atomic E-state index is 12.9. The van der Waals surface area contributed by atoms with Gasteiger partial charge < -0.3 is 5.32 Å². The molecule has 20 heavy (non-hydrogen) atoms. The van der Waals surface area contributed by atoms with E-state index in [-0.39, 0.29) is 17.1 Å². The number of hydrogen-bond acceptors (Lipinski definition) is 4. The van der Waals surface area contributed by atoms with Crippen molar-refractivity contribution in [2.75, 3.05) is 5.32 Å². The van der Waals surface area contributed by atoms with Gasteiger partial charge in [-0.25, -0.2) is 4.98 Å². The van der Waals surface area contributed by atoms with Gasteiger partial charge in [-0.3, -0.25) is 14.9 Å². The van der Waals surface area contributed by atoms with Crippen LogP contribution in [0.5, 0.6) is 0 Å². The summed E-state index contributed by atoms with van der Waals surface area (Å²) in [6, 6.07) is 7.91. The highest BCUT2D eigenvalue weighted by Gasteiger charge is 2.17. The van der Waals surface area contributed by atoms with Crippen LogP contribution in [0.1, 0.15) is 10.5 Å². The normalized spacial score (nSPS) is 10.1. The maximum Gasteiger partial charge on any atom is 0.293 e. The molecule has 0 unspecified atom stereocenters. The van der Waals surface area contributed by atoms with Crippen LogP contribution in [0.2, 0.25) is 0 Å². The highest BCUT2D eigenvalue weighted by atomic mass is 79.9. The molecule has 1 aromatic heterocycles. The molecule has 2 rings (SSSR count). The predicted molar refractivity (Wildman–Crippen MR) is 72.9 cm³/mol. The molecular weight excluding hydrogens is 333 g/mol. The fourth-order valence-corrected chi connectivity index (χ4v) is 1.83. The number of anilines is 1. The van der Waals surface area contributed by atoms with Crippen molar-refractivity contribution in [2.45, 2.75) is 0 Å². The number of amides is 1. The molecular formula is C12H7BrFN3O3. The van der Waals surface area contributed by atoms with E-state index in [1.54, 1.807) is 6.07 Å². The van der Waals surface area contributed by atoms with E-state index < -0.39 is 16.8 Å². The monoisotopic (exact) mass is 339 g/mol. The van der Waals surface area contributed by atoms with Gasteiger partial charge in [0.2, 0.25) is 5.95 Å². The Bertz CT molecular complexity index is 693. The van der Waals surface area contributed by atoms with Crippen molar-refractivity contribution >= 4 is 33.2 Å². The molecule has 0 radical (unpaired) electrons. The molecule has 102 valence electrons. The van der Waals surface area contributed by atoms with E-state index in [2.05, 4.69) is 26.2 Å². The Morgan fingerprint density at radius 2 is 2.10 bits per heavy atom. The molecule has 0 aliphatic heterocycles. The first-order chi connectivity index (χ1) is 9.47. The summed E-state index contributed by atoms with van der Waals surface area (Å²) in [6.07, 6.45) is 0. The lowest BCUT2D eigenvalue weighted by Gasteiger charge is -2.05. The Hall–Kier alpha value is -2.35. The maximum absolute atomic E-state index is 12.9. The number of carbonyl (C=O) groups excluding carboxylic acids is 1. The van der Waals surface area contributed by atoms with Crippen molar-refractivity contribution in [3.05, 3.63) is 62.6 Å². The molecule has 0 aliphatic rings. The number of nitrogens with zero attached hydrogens (tertiary/aromatic N) is 2. The lowest BCUT2D eigenvalue weighted by molar-refractivity contribution is -0.384. The Balaban J connectivity index is 2.30. The van der Waals surface area contributed by atoms with E-state index in [4.69, 9.17) is 0 Å². The number of pyridine rings is 1. The van der Waals surface area contributed by atoms with Gasteiger partial charge in [-0.05, 0) is 24.3 Å². The van der Waals surface area contributed by atoms with E-state index in [0.717, 1.165) is 6.07 Å². The van der Waals surface area contributed by atoms with E-state index >= 15 is 0 Å². The minimum Gasteiger partial charge on any atom is -0.315 e. The molecule has 1 aromatic carbocycles. The standard InChI is InChI=1S/C12H7BrFN3O3/c13-7-4-5-8(10(6-7)17(19)20)16-12(18)9-2-1-3-11(14)15-9/h1-6H,(H,16,18). The molecule has 6 nitrogen and oxygen atoms in total. The fraction of sp³-hybridized carbons (Fsp3) is 0. The number of nitro groups is 1. The molecule has 0 saturated carbocycles. The summed E-state index contributed by atoms with van der Waals surface area (Å²) in [5, 5.41) is 13.2. The van der Waals surface area contributed by atoms with Gasteiger partial charge in [-0.2, -0.15) is 4.39 Å².